The van der Waals surface area contributed by atoms with Crippen molar-refractivity contribution in [2.45, 2.75) is 38.6 Å². The molecule has 2 N–H and O–H groups in total. The monoisotopic (exact) mass is 229 g/mol. The Bertz CT molecular complexity index is 269. The molecular weight excluding hydrogens is 210 g/mol. The minimum absolute atomic E-state index is 0.0344. The number of amides is 1. The summed E-state index contributed by atoms with van der Waals surface area (Å²) in [6.07, 6.45) is 1.25. The van der Waals surface area contributed by atoms with E-state index in [9.17, 15) is 9.59 Å². The van der Waals surface area contributed by atoms with Crippen molar-refractivity contribution in [1.29, 1.82) is 0 Å². The second kappa shape index (κ2) is 5.30. The molecule has 1 aliphatic rings. The number of aliphatic carboxylic acids is 1. The van der Waals surface area contributed by atoms with Gasteiger partial charge in [-0.1, -0.05) is 0 Å². The molecular formula is C11H19NO4. The van der Waals surface area contributed by atoms with Gasteiger partial charge in [0.15, 0.2) is 0 Å². The molecule has 1 fully saturated rings. The van der Waals surface area contributed by atoms with Crippen LogP contribution in [0.1, 0.15) is 33.1 Å². The number of nitrogens with one attached hydrogen (secondary N) is 1. The summed E-state index contributed by atoms with van der Waals surface area (Å²) in [5.41, 5.74) is -0.474. The number of hydrogen-bond donors (Lipinski definition) is 2. The Hall–Kier alpha value is -1.10. The van der Waals surface area contributed by atoms with E-state index in [-0.39, 0.29) is 18.2 Å². The van der Waals surface area contributed by atoms with Gasteiger partial charge in [-0.3, -0.25) is 9.59 Å². The summed E-state index contributed by atoms with van der Waals surface area (Å²) >= 11 is 0. The summed E-state index contributed by atoms with van der Waals surface area (Å²) in [5.74, 6) is -0.955. The van der Waals surface area contributed by atoms with Crippen molar-refractivity contribution in [3.05, 3.63) is 0 Å². The third-order valence-corrected chi connectivity index (χ3v) is 2.73. The number of carbonyl (C=O) groups is 2. The number of rotatable bonds is 5. The van der Waals surface area contributed by atoms with Crippen LogP contribution in [-0.4, -0.2) is 35.7 Å². The highest BCUT2D eigenvalue weighted by Crippen LogP contribution is 2.16. The Labute approximate surface area is 95.2 Å². The smallest absolute Gasteiger partial charge is 0.303 e. The molecule has 1 rings (SSSR count). The SMILES string of the molecule is CC(C)(CCC(=O)O)NC(=O)C1CCOC1. The summed E-state index contributed by atoms with van der Waals surface area (Å²) in [6.45, 7) is 4.78. The maximum Gasteiger partial charge on any atom is 0.303 e. The van der Waals surface area contributed by atoms with E-state index in [2.05, 4.69) is 5.32 Å². The molecule has 0 saturated carbocycles. The lowest BCUT2D eigenvalue weighted by Crippen LogP contribution is -2.46. The second-order valence-corrected chi connectivity index (χ2v) is 4.83. The summed E-state index contributed by atoms with van der Waals surface area (Å²) in [4.78, 5) is 22.2. The van der Waals surface area contributed by atoms with Crippen LogP contribution in [0.4, 0.5) is 0 Å². The predicted octanol–water partition coefficient (Wildman–Crippen LogP) is 0.782. The molecule has 92 valence electrons. The van der Waals surface area contributed by atoms with Crippen molar-refractivity contribution in [3.8, 4) is 0 Å². The molecule has 0 radical (unpaired) electrons. The van der Waals surface area contributed by atoms with Crippen LogP contribution < -0.4 is 5.32 Å². The molecule has 1 unspecified atom stereocenters. The fourth-order valence-corrected chi connectivity index (χ4v) is 1.66. The highest BCUT2D eigenvalue weighted by atomic mass is 16.5. The molecule has 1 amide bonds. The number of carboxylic acids is 1. The van der Waals surface area contributed by atoms with Gasteiger partial charge in [-0.2, -0.15) is 0 Å². The van der Waals surface area contributed by atoms with Crippen molar-refractivity contribution in [1.82, 2.24) is 5.32 Å². The van der Waals surface area contributed by atoms with Crippen LogP contribution >= 0.6 is 0 Å². The van der Waals surface area contributed by atoms with Gasteiger partial charge >= 0.3 is 5.97 Å². The molecule has 1 heterocycles. The number of carboxylic acid groups (broad SMARTS) is 1. The van der Waals surface area contributed by atoms with Crippen LogP contribution in [0.15, 0.2) is 0 Å². The van der Waals surface area contributed by atoms with E-state index >= 15 is 0 Å². The van der Waals surface area contributed by atoms with Gasteiger partial charge in [0.05, 0.1) is 12.5 Å². The van der Waals surface area contributed by atoms with Crippen LogP contribution in [0, 0.1) is 5.92 Å². The van der Waals surface area contributed by atoms with E-state index < -0.39 is 11.5 Å². The van der Waals surface area contributed by atoms with Gasteiger partial charge in [0.25, 0.3) is 0 Å². The normalized spacial score (nSPS) is 20.8. The molecule has 5 heteroatoms. The fraction of sp³-hybridized carbons (Fsp3) is 0.818. The molecule has 0 aliphatic carbocycles. The molecule has 0 aromatic rings. The van der Waals surface area contributed by atoms with Crippen molar-refractivity contribution in [3.63, 3.8) is 0 Å². The first kappa shape index (κ1) is 13.0. The van der Waals surface area contributed by atoms with E-state index in [0.29, 0.717) is 19.6 Å². The topological polar surface area (TPSA) is 75.6 Å². The van der Waals surface area contributed by atoms with Gasteiger partial charge in [-0.15, -0.1) is 0 Å². The lowest BCUT2D eigenvalue weighted by Gasteiger charge is -2.27. The van der Waals surface area contributed by atoms with Crippen molar-refractivity contribution in [2.75, 3.05) is 13.2 Å². The van der Waals surface area contributed by atoms with E-state index in [1.807, 2.05) is 13.8 Å². The van der Waals surface area contributed by atoms with Gasteiger partial charge in [0.1, 0.15) is 0 Å². The van der Waals surface area contributed by atoms with Gasteiger partial charge < -0.3 is 15.2 Å². The van der Waals surface area contributed by atoms with Crippen LogP contribution in [0.25, 0.3) is 0 Å². The van der Waals surface area contributed by atoms with E-state index in [4.69, 9.17) is 9.84 Å². The minimum atomic E-state index is -0.841. The molecule has 1 saturated heterocycles. The average molecular weight is 229 g/mol. The molecule has 1 atom stereocenters. The van der Waals surface area contributed by atoms with Gasteiger partial charge in [-0.25, -0.2) is 0 Å². The molecule has 0 bridgehead atoms. The lowest BCUT2D eigenvalue weighted by atomic mass is 9.96. The first-order valence-corrected chi connectivity index (χ1v) is 5.52. The van der Waals surface area contributed by atoms with Gasteiger partial charge in [0, 0.05) is 18.6 Å². The first-order valence-electron chi connectivity index (χ1n) is 5.52. The highest BCUT2D eigenvalue weighted by Gasteiger charge is 2.28. The number of hydrogen-bond acceptors (Lipinski definition) is 3. The first-order chi connectivity index (χ1) is 7.41. The average Bonchev–Trinajstić information content (AvgIpc) is 2.67. The lowest BCUT2D eigenvalue weighted by molar-refractivity contribution is -0.138. The van der Waals surface area contributed by atoms with Crippen molar-refractivity contribution < 1.29 is 19.4 Å². The summed E-state index contributed by atoms with van der Waals surface area (Å²) in [7, 11) is 0. The zero-order chi connectivity index (χ0) is 12.2. The highest BCUT2D eigenvalue weighted by molar-refractivity contribution is 5.79. The number of carbonyl (C=O) groups excluding carboxylic acids is 1. The second-order valence-electron chi connectivity index (χ2n) is 4.83. The molecule has 16 heavy (non-hydrogen) atoms. The van der Waals surface area contributed by atoms with Crippen LogP contribution in [-0.2, 0) is 14.3 Å². The van der Waals surface area contributed by atoms with E-state index in [1.165, 1.54) is 0 Å². The molecule has 0 spiro atoms. The van der Waals surface area contributed by atoms with E-state index in [1.54, 1.807) is 0 Å². The molecule has 0 aromatic carbocycles. The number of ether oxygens (including phenoxy) is 1. The summed E-state index contributed by atoms with van der Waals surface area (Å²) in [6, 6.07) is 0. The maximum atomic E-state index is 11.8. The van der Waals surface area contributed by atoms with Gasteiger partial charge in [0.2, 0.25) is 5.91 Å². The maximum absolute atomic E-state index is 11.8. The zero-order valence-electron chi connectivity index (χ0n) is 9.78. The molecule has 0 aromatic heterocycles. The van der Waals surface area contributed by atoms with Gasteiger partial charge in [-0.05, 0) is 26.7 Å². The zero-order valence-corrected chi connectivity index (χ0v) is 9.78. The van der Waals surface area contributed by atoms with Crippen LogP contribution in [0.2, 0.25) is 0 Å². The third kappa shape index (κ3) is 4.18. The molecule has 5 nitrogen and oxygen atoms in total. The predicted molar refractivity (Wildman–Crippen MR) is 58.0 cm³/mol. The Kier molecular flexibility index (Phi) is 4.29. The fourth-order valence-electron chi connectivity index (χ4n) is 1.66. The van der Waals surface area contributed by atoms with E-state index in [0.717, 1.165) is 6.42 Å². The Balaban J connectivity index is 2.38. The van der Waals surface area contributed by atoms with Crippen LogP contribution in [0.5, 0.6) is 0 Å². The standard InChI is InChI=1S/C11H19NO4/c1-11(2,5-3-9(13)14)12-10(15)8-4-6-16-7-8/h8H,3-7H2,1-2H3,(H,12,15)(H,13,14). The Morgan fingerprint density at radius 2 is 2.19 bits per heavy atom. The Morgan fingerprint density at radius 1 is 1.50 bits per heavy atom. The quantitative estimate of drug-likeness (QED) is 0.730. The Morgan fingerprint density at radius 3 is 2.69 bits per heavy atom. The minimum Gasteiger partial charge on any atom is -0.481 e. The van der Waals surface area contributed by atoms with Crippen molar-refractivity contribution >= 4 is 11.9 Å². The van der Waals surface area contributed by atoms with Crippen LogP contribution in [0.3, 0.4) is 0 Å². The summed E-state index contributed by atoms with van der Waals surface area (Å²) in [5, 5.41) is 11.5. The summed E-state index contributed by atoms with van der Waals surface area (Å²) < 4.78 is 5.14. The molecule has 1 aliphatic heterocycles. The third-order valence-electron chi connectivity index (χ3n) is 2.73. The van der Waals surface area contributed by atoms with Crippen molar-refractivity contribution in [2.24, 2.45) is 5.92 Å². The largest absolute Gasteiger partial charge is 0.481 e.